The number of hydrogen-bond acceptors (Lipinski definition) is 5. The monoisotopic (exact) mass is 635 g/mol. The number of carbonyl (C=O) groups is 2. The Morgan fingerprint density at radius 2 is 1.45 bits per heavy atom. The molecule has 2 atom stereocenters. The SMILES string of the molecule is CCOc1cc(C(C)(C)C)ccc1C1=NC(c2ccc(Cl)cc2)C(c2ccc(Cl)cc2)N1C(=O)N1CCN(C(=O)CN)CC1. The Hall–Kier alpha value is -3.59. The number of nitrogens with zero attached hydrogens (tertiary/aromatic N) is 4. The minimum atomic E-state index is -0.476. The predicted octanol–water partition coefficient (Wildman–Crippen LogP) is 6.46. The first-order chi connectivity index (χ1) is 21.0. The molecule has 44 heavy (non-hydrogen) atoms. The number of nitrogens with two attached hydrogens (primary N) is 1. The summed E-state index contributed by atoms with van der Waals surface area (Å²) in [5, 5.41) is 1.22. The molecule has 0 spiro atoms. The maximum atomic E-state index is 14.7. The molecule has 2 aliphatic heterocycles. The third kappa shape index (κ3) is 6.58. The van der Waals surface area contributed by atoms with E-state index >= 15 is 0 Å². The standard InChI is InChI=1S/C34H39Cl2N5O3/c1-5-44-28-20-24(34(2,3)4)10-15-27(28)32-38-30(22-6-11-25(35)12-7-22)31(23-8-13-26(36)14-9-23)41(32)33(43)40-18-16-39(17-19-40)29(42)21-37/h6-15,20,30-31H,5,16-19,21,37H2,1-4H3. The average molecular weight is 637 g/mol. The summed E-state index contributed by atoms with van der Waals surface area (Å²) in [5.41, 5.74) is 9.17. The number of rotatable bonds is 6. The van der Waals surface area contributed by atoms with Crippen molar-refractivity contribution in [1.29, 1.82) is 0 Å². The van der Waals surface area contributed by atoms with E-state index < -0.39 is 12.1 Å². The van der Waals surface area contributed by atoms with Gasteiger partial charge in [0.15, 0.2) is 0 Å². The van der Waals surface area contributed by atoms with Gasteiger partial charge in [0.2, 0.25) is 5.91 Å². The average Bonchev–Trinajstić information content (AvgIpc) is 3.41. The molecule has 0 aromatic heterocycles. The van der Waals surface area contributed by atoms with Gasteiger partial charge < -0.3 is 20.3 Å². The van der Waals surface area contributed by atoms with E-state index in [0.29, 0.717) is 54.4 Å². The molecule has 1 fully saturated rings. The number of piperazine rings is 1. The van der Waals surface area contributed by atoms with E-state index in [2.05, 4.69) is 26.8 Å². The second-order valence-electron chi connectivity index (χ2n) is 12.1. The van der Waals surface area contributed by atoms with E-state index in [9.17, 15) is 9.59 Å². The normalized spacial score (nSPS) is 18.8. The number of hydrogen-bond donors (Lipinski definition) is 1. The summed E-state index contributed by atoms with van der Waals surface area (Å²) >= 11 is 12.6. The number of carbonyl (C=O) groups excluding carboxylic acids is 2. The molecule has 3 amide bonds. The lowest BCUT2D eigenvalue weighted by Gasteiger charge is -2.39. The highest BCUT2D eigenvalue weighted by Gasteiger charge is 2.45. The molecule has 0 radical (unpaired) electrons. The van der Waals surface area contributed by atoms with Crippen molar-refractivity contribution in [1.82, 2.24) is 14.7 Å². The number of aliphatic imine (C=N–C) groups is 1. The van der Waals surface area contributed by atoms with Gasteiger partial charge in [0.25, 0.3) is 0 Å². The van der Waals surface area contributed by atoms with Crippen molar-refractivity contribution in [3.8, 4) is 5.75 Å². The number of urea groups is 1. The molecular formula is C34H39Cl2N5O3. The minimum absolute atomic E-state index is 0.0525. The molecule has 2 heterocycles. The fourth-order valence-corrected chi connectivity index (χ4v) is 5.98. The first-order valence-electron chi connectivity index (χ1n) is 14.9. The molecule has 3 aromatic carbocycles. The molecule has 2 N–H and O–H groups in total. The molecule has 0 saturated carbocycles. The van der Waals surface area contributed by atoms with Crippen molar-refractivity contribution in [3.63, 3.8) is 0 Å². The molecular weight excluding hydrogens is 597 g/mol. The van der Waals surface area contributed by atoms with Gasteiger partial charge in [-0.1, -0.05) is 74.3 Å². The van der Waals surface area contributed by atoms with Gasteiger partial charge in [-0.2, -0.15) is 0 Å². The number of halogens is 2. The fraction of sp³-hybridized carbons (Fsp3) is 0.382. The molecule has 0 bridgehead atoms. The van der Waals surface area contributed by atoms with Crippen LogP contribution in [0.5, 0.6) is 5.75 Å². The summed E-state index contributed by atoms with van der Waals surface area (Å²) in [6.07, 6.45) is 0. The van der Waals surface area contributed by atoms with Gasteiger partial charge in [-0.15, -0.1) is 0 Å². The minimum Gasteiger partial charge on any atom is -0.493 e. The number of amidine groups is 1. The first-order valence-corrected chi connectivity index (χ1v) is 15.7. The molecule has 232 valence electrons. The van der Waals surface area contributed by atoms with Crippen LogP contribution in [0.1, 0.15) is 62.0 Å². The second-order valence-corrected chi connectivity index (χ2v) is 12.9. The van der Waals surface area contributed by atoms with Crippen LogP contribution in [0.25, 0.3) is 0 Å². The molecule has 3 aromatic rings. The molecule has 2 unspecified atom stereocenters. The second kappa shape index (κ2) is 13.2. The van der Waals surface area contributed by atoms with E-state index in [0.717, 1.165) is 22.3 Å². The van der Waals surface area contributed by atoms with Gasteiger partial charge in [0.05, 0.1) is 24.8 Å². The van der Waals surface area contributed by atoms with Crippen LogP contribution in [0.3, 0.4) is 0 Å². The van der Waals surface area contributed by atoms with Crippen LogP contribution in [0.4, 0.5) is 4.79 Å². The summed E-state index contributed by atoms with van der Waals surface area (Å²) in [7, 11) is 0. The Morgan fingerprint density at radius 1 is 0.886 bits per heavy atom. The Morgan fingerprint density at radius 3 is 2.00 bits per heavy atom. The molecule has 2 aliphatic rings. The highest BCUT2D eigenvalue weighted by Crippen LogP contribution is 2.46. The van der Waals surface area contributed by atoms with Crippen LogP contribution in [-0.4, -0.2) is 71.8 Å². The maximum absolute atomic E-state index is 14.7. The fourth-order valence-electron chi connectivity index (χ4n) is 5.73. The number of amides is 3. The zero-order valence-corrected chi connectivity index (χ0v) is 27.1. The number of ether oxygens (including phenoxy) is 1. The summed E-state index contributed by atoms with van der Waals surface area (Å²) < 4.78 is 6.20. The van der Waals surface area contributed by atoms with Crippen molar-refractivity contribution in [2.75, 3.05) is 39.3 Å². The molecule has 5 rings (SSSR count). The number of benzene rings is 3. The van der Waals surface area contributed by atoms with Crippen molar-refractivity contribution in [3.05, 3.63) is 99.0 Å². The topological polar surface area (TPSA) is 91.5 Å². The lowest BCUT2D eigenvalue weighted by atomic mass is 9.86. The van der Waals surface area contributed by atoms with Gasteiger partial charge in [-0.3, -0.25) is 14.7 Å². The summed E-state index contributed by atoms with van der Waals surface area (Å²) in [6, 6.07) is 20.2. The van der Waals surface area contributed by atoms with Crippen LogP contribution in [-0.2, 0) is 10.2 Å². The van der Waals surface area contributed by atoms with Crippen LogP contribution in [0.2, 0.25) is 10.0 Å². The predicted molar refractivity (Wildman–Crippen MR) is 176 cm³/mol. The van der Waals surface area contributed by atoms with Crippen molar-refractivity contribution in [2.45, 2.75) is 45.2 Å². The van der Waals surface area contributed by atoms with Gasteiger partial charge in [-0.25, -0.2) is 4.79 Å². The van der Waals surface area contributed by atoms with Crippen molar-refractivity contribution in [2.24, 2.45) is 10.7 Å². The van der Waals surface area contributed by atoms with Crippen molar-refractivity contribution < 1.29 is 14.3 Å². The van der Waals surface area contributed by atoms with Crippen LogP contribution < -0.4 is 10.5 Å². The quantitative estimate of drug-likeness (QED) is 0.337. The van der Waals surface area contributed by atoms with Gasteiger partial charge >= 0.3 is 6.03 Å². The Bertz CT molecular complexity index is 1530. The van der Waals surface area contributed by atoms with E-state index in [1.165, 1.54) is 0 Å². The summed E-state index contributed by atoms with van der Waals surface area (Å²) in [4.78, 5) is 37.5. The van der Waals surface area contributed by atoms with E-state index in [-0.39, 0.29) is 23.9 Å². The summed E-state index contributed by atoms with van der Waals surface area (Å²) in [5.74, 6) is 1.07. The van der Waals surface area contributed by atoms with Crippen LogP contribution in [0.15, 0.2) is 71.7 Å². The molecule has 10 heteroatoms. The third-order valence-electron chi connectivity index (χ3n) is 8.16. The van der Waals surface area contributed by atoms with Gasteiger partial charge in [0, 0.05) is 36.2 Å². The smallest absolute Gasteiger partial charge is 0.326 e. The van der Waals surface area contributed by atoms with E-state index in [4.69, 9.17) is 38.7 Å². The highest BCUT2D eigenvalue weighted by molar-refractivity contribution is 6.30. The zero-order chi connectivity index (χ0) is 31.6. The highest BCUT2D eigenvalue weighted by atomic mass is 35.5. The zero-order valence-electron chi connectivity index (χ0n) is 25.6. The molecule has 8 nitrogen and oxygen atoms in total. The lowest BCUT2D eigenvalue weighted by Crippen LogP contribution is -2.55. The Kier molecular flexibility index (Phi) is 9.53. The maximum Gasteiger partial charge on any atom is 0.326 e. The molecule has 0 aliphatic carbocycles. The Labute approximate surface area is 269 Å². The molecule has 1 saturated heterocycles. The van der Waals surface area contributed by atoms with Crippen LogP contribution >= 0.6 is 23.2 Å². The summed E-state index contributed by atoms with van der Waals surface area (Å²) in [6.45, 7) is 10.4. The third-order valence-corrected chi connectivity index (χ3v) is 8.67. The van der Waals surface area contributed by atoms with E-state index in [1.54, 1.807) is 14.7 Å². The van der Waals surface area contributed by atoms with E-state index in [1.807, 2.05) is 67.6 Å². The van der Waals surface area contributed by atoms with Gasteiger partial charge in [-0.05, 0) is 65.4 Å². The lowest BCUT2D eigenvalue weighted by molar-refractivity contribution is -0.131. The van der Waals surface area contributed by atoms with Crippen LogP contribution in [0, 0.1) is 0 Å². The Balaban J connectivity index is 1.65. The van der Waals surface area contributed by atoms with Crippen molar-refractivity contribution >= 4 is 41.0 Å². The largest absolute Gasteiger partial charge is 0.493 e. The van der Waals surface area contributed by atoms with Gasteiger partial charge in [0.1, 0.15) is 17.6 Å². The first kappa shape index (κ1) is 31.8.